The molecule has 1 rings (SSSR count). The first-order valence-electron chi connectivity index (χ1n) is 6.15. The first kappa shape index (κ1) is 14.2. The van der Waals surface area contributed by atoms with E-state index in [2.05, 4.69) is 43.4 Å². The third kappa shape index (κ3) is 5.31. The number of nitrogens with one attached hydrogen (secondary N) is 1. The Morgan fingerprint density at radius 2 is 2.12 bits per heavy atom. The van der Waals surface area contributed by atoms with E-state index in [9.17, 15) is 0 Å². The Balaban J connectivity index is 2.60. The summed E-state index contributed by atoms with van der Waals surface area (Å²) in [6.07, 6.45) is 0.102. The van der Waals surface area contributed by atoms with Crippen molar-refractivity contribution in [2.45, 2.75) is 20.0 Å². The second kappa shape index (κ2) is 8.23. The zero-order valence-electron chi connectivity index (χ0n) is 11.0. The summed E-state index contributed by atoms with van der Waals surface area (Å²) in [4.78, 5) is 0. The Morgan fingerprint density at radius 1 is 1.29 bits per heavy atom. The first-order chi connectivity index (χ1) is 8.27. The summed E-state index contributed by atoms with van der Waals surface area (Å²) in [6.45, 7) is 7.25. The maximum Gasteiger partial charge on any atom is 0.0950 e. The third-order valence-electron chi connectivity index (χ3n) is 2.60. The summed E-state index contributed by atoms with van der Waals surface area (Å²) in [7, 11) is 1.69. The van der Waals surface area contributed by atoms with Gasteiger partial charge in [0.2, 0.25) is 0 Å². The maximum atomic E-state index is 5.84. The number of rotatable bonds is 8. The number of aryl methyl sites for hydroxylation is 1. The van der Waals surface area contributed by atoms with Gasteiger partial charge in [-0.2, -0.15) is 0 Å². The average molecular weight is 237 g/mol. The number of benzene rings is 1. The second-order valence-corrected chi connectivity index (χ2v) is 4.07. The average Bonchev–Trinajstić information content (AvgIpc) is 2.33. The van der Waals surface area contributed by atoms with Gasteiger partial charge in [0, 0.05) is 13.7 Å². The topological polar surface area (TPSA) is 30.5 Å². The molecule has 1 aromatic carbocycles. The van der Waals surface area contributed by atoms with Crippen LogP contribution in [0.15, 0.2) is 24.3 Å². The van der Waals surface area contributed by atoms with Crippen LogP contribution in [0, 0.1) is 6.92 Å². The molecule has 3 nitrogen and oxygen atoms in total. The molecule has 0 amide bonds. The minimum absolute atomic E-state index is 0.102. The van der Waals surface area contributed by atoms with E-state index >= 15 is 0 Å². The molecule has 0 heterocycles. The van der Waals surface area contributed by atoms with Gasteiger partial charge in [-0.05, 0) is 19.0 Å². The van der Waals surface area contributed by atoms with Crippen LogP contribution in [0.25, 0.3) is 0 Å². The van der Waals surface area contributed by atoms with Crippen LogP contribution >= 0.6 is 0 Å². The lowest BCUT2D eigenvalue weighted by molar-refractivity contribution is 0.0168. The van der Waals surface area contributed by atoms with Crippen molar-refractivity contribution in [3.8, 4) is 0 Å². The predicted molar refractivity (Wildman–Crippen MR) is 70.3 cm³/mol. The van der Waals surface area contributed by atoms with Crippen molar-refractivity contribution >= 4 is 0 Å². The molecule has 0 fully saturated rings. The Bertz CT molecular complexity index is 315. The van der Waals surface area contributed by atoms with Gasteiger partial charge in [0.15, 0.2) is 0 Å². The van der Waals surface area contributed by atoms with E-state index in [4.69, 9.17) is 9.47 Å². The Kier molecular flexibility index (Phi) is 6.86. The predicted octanol–water partition coefficient (Wildman–Crippen LogP) is 2.31. The van der Waals surface area contributed by atoms with Gasteiger partial charge >= 0.3 is 0 Å². The van der Waals surface area contributed by atoms with Crippen LogP contribution in [-0.2, 0) is 9.47 Å². The van der Waals surface area contributed by atoms with Crippen LogP contribution in [-0.4, -0.2) is 33.4 Å². The molecule has 0 aliphatic carbocycles. The molecule has 0 bridgehead atoms. The van der Waals surface area contributed by atoms with Gasteiger partial charge in [0.1, 0.15) is 0 Å². The highest BCUT2D eigenvalue weighted by Gasteiger charge is 2.11. The molecule has 96 valence electrons. The molecule has 1 atom stereocenters. The molecule has 1 N–H and O–H groups in total. The molecule has 0 aliphatic rings. The van der Waals surface area contributed by atoms with Crippen molar-refractivity contribution in [2.24, 2.45) is 0 Å². The number of likely N-dealkylation sites (N-methyl/N-ethyl adjacent to an activating group) is 1. The van der Waals surface area contributed by atoms with Crippen molar-refractivity contribution in [3.05, 3.63) is 35.4 Å². The van der Waals surface area contributed by atoms with E-state index in [-0.39, 0.29) is 6.10 Å². The highest BCUT2D eigenvalue weighted by atomic mass is 16.5. The van der Waals surface area contributed by atoms with Gasteiger partial charge in [-0.3, -0.25) is 0 Å². The number of hydrogen-bond acceptors (Lipinski definition) is 3. The standard InChI is InChI=1S/C14H23NO2/c1-4-15-11-14(17-9-8-16-3)13-7-5-6-12(2)10-13/h5-7,10,14-15H,4,8-9,11H2,1-3H3. The number of methoxy groups -OCH3 is 1. The van der Waals surface area contributed by atoms with Crippen LogP contribution in [0.1, 0.15) is 24.2 Å². The zero-order chi connectivity index (χ0) is 12.5. The summed E-state index contributed by atoms with van der Waals surface area (Å²) in [5, 5.41) is 3.33. The molecule has 0 aliphatic heterocycles. The molecular formula is C14H23NO2. The van der Waals surface area contributed by atoms with Gasteiger partial charge < -0.3 is 14.8 Å². The van der Waals surface area contributed by atoms with Crippen molar-refractivity contribution in [1.82, 2.24) is 5.32 Å². The molecule has 0 radical (unpaired) electrons. The van der Waals surface area contributed by atoms with Crippen LogP contribution < -0.4 is 5.32 Å². The lowest BCUT2D eigenvalue weighted by atomic mass is 10.1. The largest absolute Gasteiger partial charge is 0.382 e. The van der Waals surface area contributed by atoms with Gasteiger partial charge in [-0.25, -0.2) is 0 Å². The van der Waals surface area contributed by atoms with Crippen LogP contribution in [0.2, 0.25) is 0 Å². The normalized spacial score (nSPS) is 12.6. The first-order valence-corrected chi connectivity index (χ1v) is 6.15. The van der Waals surface area contributed by atoms with Crippen molar-refractivity contribution in [3.63, 3.8) is 0 Å². The molecular weight excluding hydrogens is 214 g/mol. The SMILES string of the molecule is CCNCC(OCCOC)c1cccc(C)c1. The van der Waals surface area contributed by atoms with E-state index in [0.717, 1.165) is 13.1 Å². The fourth-order valence-electron chi connectivity index (χ4n) is 1.69. The quantitative estimate of drug-likeness (QED) is 0.704. The lowest BCUT2D eigenvalue weighted by Crippen LogP contribution is -2.24. The Hall–Kier alpha value is -0.900. The number of hydrogen-bond donors (Lipinski definition) is 1. The zero-order valence-corrected chi connectivity index (χ0v) is 11.0. The lowest BCUT2D eigenvalue weighted by Gasteiger charge is -2.19. The van der Waals surface area contributed by atoms with Gasteiger partial charge in [-0.1, -0.05) is 36.8 Å². The van der Waals surface area contributed by atoms with E-state index in [1.807, 2.05) is 0 Å². The van der Waals surface area contributed by atoms with E-state index < -0.39 is 0 Å². The van der Waals surface area contributed by atoms with E-state index in [1.54, 1.807) is 7.11 Å². The highest BCUT2D eigenvalue weighted by Crippen LogP contribution is 2.17. The molecule has 0 spiro atoms. The Labute approximate surface area is 104 Å². The van der Waals surface area contributed by atoms with Crippen molar-refractivity contribution in [1.29, 1.82) is 0 Å². The molecule has 0 saturated carbocycles. The molecule has 0 saturated heterocycles. The Morgan fingerprint density at radius 3 is 2.76 bits per heavy atom. The summed E-state index contributed by atoms with van der Waals surface area (Å²) >= 11 is 0. The summed E-state index contributed by atoms with van der Waals surface area (Å²) < 4.78 is 10.8. The van der Waals surface area contributed by atoms with Crippen LogP contribution in [0.3, 0.4) is 0 Å². The molecule has 3 heteroatoms. The number of ether oxygens (including phenoxy) is 2. The molecule has 0 aromatic heterocycles. The fraction of sp³-hybridized carbons (Fsp3) is 0.571. The molecule has 17 heavy (non-hydrogen) atoms. The minimum atomic E-state index is 0.102. The second-order valence-electron chi connectivity index (χ2n) is 4.07. The monoisotopic (exact) mass is 237 g/mol. The summed E-state index contributed by atoms with van der Waals surface area (Å²) in [5.41, 5.74) is 2.49. The van der Waals surface area contributed by atoms with Gasteiger partial charge in [0.05, 0.1) is 19.3 Å². The van der Waals surface area contributed by atoms with E-state index in [0.29, 0.717) is 13.2 Å². The van der Waals surface area contributed by atoms with Gasteiger partial charge in [0.25, 0.3) is 0 Å². The maximum absolute atomic E-state index is 5.84. The molecule has 1 unspecified atom stereocenters. The van der Waals surface area contributed by atoms with Crippen LogP contribution in [0.5, 0.6) is 0 Å². The smallest absolute Gasteiger partial charge is 0.0950 e. The van der Waals surface area contributed by atoms with Crippen LogP contribution in [0.4, 0.5) is 0 Å². The van der Waals surface area contributed by atoms with E-state index in [1.165, 1.54) is 11.1 Å². The fourth-order valence-corrected chi connectivity index (χ4v) is 1.69. The molecule has 1 aromatic rings. The van der Waals surface area contributed by atoms with Crippen molar-refractivity contribution in [2.75, 3.05) is 33.4 Å². The summed E-state index contributed by atoms with van der Waals surface area (Å²) in [6, 6.07) is 8.46. The third-order valence-corrected chi connectivity index (χ3v) is 2.60. The van der Waals surface area contributed by atoms with Crippen molar-refractivity contribution < 1.29 is 9.47 Å². The highest BCUT2D eigenvalue weighted by molar-refractivity contribution is 5.24. The minimum Gasteiger partial charge on any atom is -0.382 e. The summed E-state index contributed by atoms with van der Waals surface area (Å²) in [5.74, 6) is 0. The van der Waals surface area contributed by atoms with Gasteiger partial charge in [-0.15, -0.1) is 0 Å².